The Bertz CT molecular complexity index is 615. The number of carbonyl (C=O) groups excluding carboxylic acids is 1. The van der Waals surface area contributed by atoms with Gasteiger partial charge in [0, 0.05) is 13.0 Å². The number of aliphatic carboxylic acids is 1. The fourth-order valence-electron chi connectivity index (χ4n) is 3.73. The lowest BCUT2D eigenvalue weighted by Gasteiger charge is -2.33. The number of ether oxygens (including phenoxy) is 1. The number of piperidine rings is 1. The van der Waals surface area contributed by atoms with Crippen LogP contribution in [0.5, 0.6) is 5.75 Å². The van der Waals surface area contributed by atoms with Crippen LogP contribution in [0.15, 0.2) is 24.3 Å². The Kier molecular flexibility index (Phi) is 8.10. The van der Waals surface area contributed by atoms with E-state index in [4.69, 9.17) is 9.84 Å². The Labute approximate surface area is 161 Å². The summed E-state index contributed by atoms with van der Waals surface area (Å²) < 4.78 is 5.20. The highest BCUT2D eigenvalue weighted by molar-refractivity contribution is 5.78. The SMILES string of the molecule is COc1ccc(C(NC(=O)CN2CCCC(CCC(=O)O)C2)C(C)C)cc1. The standard InChI is InChI=1S/C21H32N2O4/c1-15(2)21(17-7-9-18(27-3)10-8-17)22-19(24)14-23-12-4-5-16(13-23)6-11-20(25)26/h7-10,15-16,21H,4-6,11-14H2,1-3H3,(H,22,24)(H,25,26). The number of carboxylic acids is 1. The second kappa shape index (κ2) is 10.3. The zero-order valence-corrected chi connectivity index (χ0v) is 16.6. The van der Waals surface area contributed by atoms with Crippen LogP contribution in [0.25, 0.3) is 0 Å². The van der Waals surface area contributed by atoms with Crippen LogP contribution in [-0.2, 0) is 9.59 Å². The molecule has 27 heavy (non-hydrogen) atoms. The van der Waals surface area contributed by atoms with Crippen LogP contribution < -0.4 is 10.1 Å². The summed E-state index contributed by atoms with van der Waals surface area (Å²) in [6, 6.07) is 7.76. The molecule has 0 radical (unpaired) electrons. The molecule has 0 saturated carbocycles. The van der Waals surface area contributed by atoms with Gasteiger partial charge >= 0.3 is 5.97 Å². The highest BCUT2D eigenvalue weighted by Gasteiger charge is 2.24. The molecule has 1 saturated heterocycles. The molecule has 2 unspecified atom stereocenters. The van der Waals surface area contributed by atoms with Crippen molar-refractivity contribution in [1.82, 2.24) is 10.2 Å². The molecule has 1 aliphatic rings. The van der Waals surface area contributed by atoms with Crippen molar-refractivity contribution >= 4 is 11.9 Å². The minimum absolute atomic E-state index is 0.0170. The molecule has 2 atom stereocenters. The van der Waals surface area contributed by atoms with Gasteiger partial charge in [-0.15, -0.1) is 0 Å². The zero-order valence-electron chi connectivity index (χ0n) is 16.6. The molecule has 1 aliphatic heterocycles. The van der Waals surface area contributed by atoms with Crippen LogP contribution in [0.1, 0.15) is 51.1 Å². The number of likely N-dealkylation sites (tertiary alicyclic amines) is 1. The van der Waals surface area contributed by atoms with Crippen molar-refractivity contribution in [3.05, 3.63) is 29.8 Å². The highest BCUT2D eigenvalue weighted by Crippen LogP contribution is 2.24. The number of hydrogen-bond acceptors (Lipinski definition) is 4. The van der Waals surface area contributed by atoms with Crippen molar-refractivity contribution in [1.29, 1.82) is 0 Å². The maximum atomic E-state index is 12.6. The van der Waals surface area contributed by atoms with Gasteiger partial charge in [-0.05, 0) is 55.3 Å². The minimum atomic E-state index is -0.746. The monoisotopic (exact) mass is 376 g/mol. The van der Waals surface area contributed by atoms with Gasteiger partial charge in [0.1, 0.15) is 5.75 Å². The third-order valence-corrected chi connectivity index (χ3v) is 5.19. The smallest absolute Gasteiger partial charge is 0.303 e. The van der Waals surface area contributed by atoms with E-state index in [2.05, 4.69) is 24.1 Å². The second-order valence-corrected chi connectivity index (χ2v) is 7.74. The molecule has 2 rings (SSSR count). The normalized spacial score (nSPS) is 18.9. The molecule has 1 aromatic carbocycles. The van der Waals surface area contributed by atoms with Gasteiger partial charge in [-0.3, -0.25) is 14.5 Å². The number of methoxy groups -OCH3 is 1. The fraction of sp³-hybridized carbons (Fsp3) is 0.619. The molecule has 0 spiro atoms. The third kappa shape index (κ3) is 6.86. The average molecular weight is 376 g/mol. The summed E-state index contributed by atoms with van der Waals surface area (Å²) in [4.78, 5) is 25.5. The predicted octanol–water partition coefficient (Wildman–Crippen LogP) is 3.09. The largest absolute Gasteiger partial charge is 0.497 e. The quantitative estimate of drug-likeness (QED) is 0.692. The molecule has 0 bridgehead atoms. The number of carbonyl (C=O) groups is 2. The summed E-state index contributed by atoms with van der Waals surface area (Å²) in [5, 5.41) is 12.0. The van der Waals surface area contributed by atoms with Crippen LogP contribution in [-0.4, -0.2) is 48.6 Å². The van der Waals surface area contributed by atoms with Gasteiger partial charge in [0.05, 0.1) is 19.7 Å². The number of rotatable bonds is 9. The fourth-order valence-corrected chi connectivity index (χ4v) is 3.73. The van der Waals surface area contributed by atoms with Crippen LogP contribution in [0.2, 0.25) is 0 Å². The first kappa shape index (κ1) is 21.2. The molecular weight excluding hydrogens is 344 g/mol. The highest BCUT2D eigenvalue weighted by atomic mass is 16.5. The number of nitrogens with zero attached hydrogens (tertiary/aromatic N) is 1. The van der Waals surface area contributed by atoms with Crippen molar-refractivity contribution in [2.75, 3.05) is 26.7 Å². The van der Waals surface area contributed by atoms with Crippen molar-refractivity contribution < 1.29 is 19.4 Å². The summed E-state index contributed by atoms with van der Waals surface area (Å²) in [6.45, 7) is 6.25. The van der Waals surface area contributed by atoms with E-state index in [9.17, 15) is 9.59 Å². The summed E-state index contributed by atoms with van der Waals surface area (Å²) in [5.41, 5.74) is 1.07. The van der Waals surface area contributed by atoms with Gasteiger partial charge in [0.25, 0.3) is 0 Å². The molecule has 0 aromatic heterocycles. The maximum Gasteiger partial charge on any atom is 0.303 e. The molecular formula is C21H32N2O4. The molecule has 1 heterocycles. The van der Waals surface area contributed by atoms with Crippen molar-refractivity contribution in [3.8, 4) is 5.75 Å². The van der Waals surface area contributed by atoms with Crippen molar-refractivity contribution in [3.63, 3.8) is 0 Å². The van der Waals surface area contributed by atoms with E-state index < -0.39 is 5.97 Å². The summed E-state index contributed by atoms with van der Waals surface area (Å²) in [6.07, 6.45) is 2.96. The summed E-state index contributed by atoms with van der Waals surface area (Å²) in [5.74, 6) is 0.706. The zero-order chi connectivity index (χ0) is 19.8. The number of amides is 1. The van der Waals surface area contributed by atoms with Crippen molar-refractivity contribution in [2.45, 2.75) is 45.6 Å². The number of nitrogens with one attached hydrogen (secondary N) is 1. The average Bonchev–Trinajstić information content (AvgIpc) is 2.64. The Morgan fingerprint density at radius 3 is 2.59 bits per heavy atom. The Morgan fingerprint density at radius 1 is 1.30 bits per heavy atom. The number of carboxylic acid groups (broad SMARTS) is 1. The van der Waals surface area contributed by atoms with Gasteiger partial charge in [-0.2, -0.15) is 0 Å². The molecule has 2 N–H and O–H groups in total. The maximum absolute atomic E-state index is 12.6. The summed E-state index contributed by atoms with van der Waals surface area (Å²) in [7, 11) is 1.64. The van der Waals surface area contributed by atoms with E-state index in [0.717, 1.165) is 37.2 Å². The van der Waals surface area contributed by atoms with E-state index in [1.54, 1.807) is 7.11 Å². The topological polar surface area (TPSA) is 78.9 Å². The first-order chi connectivity index (χ1) is 12.9. The summed E-state index contributed by atoms with van der Waals surface area (Å²) >= 11 is 0. The molecule has 1 aromatic rings. The van der Waals surface area contributed by atoms with Crippen LogP contribution >= 0.6 is 0 Å². The Morgan fingerprint density at radius 2 is 2.00 bits per heavy atom. The lowest BCUT2D eigenvalue weighted by Crippen LogP contribution is -2.44. The van der Waals surface area contributed by atoms with Gasteiger partial charge in [-0.25, -0.2) is 0 Å². The van der Waals surface area contributed by atoms with E-state index in [-0.39, 0.29) is 24.3 Å². The molecule has 1 fully saturated rings. The van der Waals surface area contributed by atoms with Gasteiger partial charge in [0.2, 0.25) is 5.91 Å². The van der Waals surface area contributed by atoms with Gasteiger partial charge in [0.15, 0.2) is 0 Å². The molecule has 150 valence electrons. The third-order valence-electron chi connectivity index (χ3n) is 5.19. The van der Waals surface area contributed by atoms with E-state index in [0.29, 0.717) is 18.9 Å². The van der Waals surface area contributed by atoms with Gasteiger partial charge in [-0.1, -0.05) is 26.0 Å². The van der Waals surface area contributed by atoms with E-state index in [1.165, 1.54) is 0 Å². The van der Waals surface area contributed by atoms with Gasteiger partial charge < -0.3 is 15.2 Å². The van der Waals surface area contributed by atoms with Crippen LogP contribution in [0.3, 0.4) is 0 Å². The lowest BCUT2D eigenvalue weighted by molar-refractivity contribution is -0.137. The molecule has 1 amide bonds. The van der Waals surface area contributed by atoms with Crippen LogP contribution in [0, 0.1) is 11.8 Å². The number of benzene rings is 1. The second-order valence-electron chi connectivity index (χ2n) is 7.74. The Hall–Kier alpha value is -2.08. The molecule has 6 heteroatoms. The van der Waals surface area contributed by atoms with Crippen molar-refractivity contribution in [2.24, 2.45) is 11.8 Å². The minimum Gasteiger partial charge on any atom is -0.497 e. The molecule has 6 nitrogen and oxygen atoms in total. The van der Waals surface area contributed by atoms with Crippen LogP contribution in [0.4, 0.5) is 0 Å². The first-order valence-corrected chi connectivity index (χ1v) is 9.76. The lowest BCUT2D eigenvalue weighted by atomic mass is 9.93. The first-order valence-electron chi connectivity index (χ1n) is 9.76. The van der Waals surface area contributed by atoms with E-state index in [1.807, 2.05) is 24.3 Å². The molecule has 0 aliphatic carbocycles. The Balaban J connectivity index is 1.90. The number of hydrogen-bond donors (Lipinski definition) is 2. The van der Waals surface area contributed by atoms with E-state index >= 15 is 0 Å². The predicted molar refractivity (Wildman–Crippen MR) is 105 cm³/mol.